The zero-order chi connectivity index (χ0) is 11.7. The summed E-state index contributed by atoms with van der Waals surface area (Å²) in [5.41, 5.74) is 1.23. The molecule has 1 aliphatic carbocycles. The molecule has 1 saturated heterocycles. The van der Waals surface area contributed by atoms with Crippen LogP contribution in [0, 0.1) is 11.8 Å². The topological polar surface area (TPSA) is 25.4 Å². The van der Waals surface area contributed by atoms with Crippen LogP contribution in [0.25, 0.3) is 0 Å². The van der Waals surface area contributed by atoms with Crippen molar-refractivity contribution in [2.24, 2.45) is 11.8 Å². The van der Waals surface area contributed by atoms with E-state index in [4.69, 9.17) is 4.74 Å². The molecule has 0 spiro atoms. The number of nitrogens with zero attached hydrogens (tertiary/aromatic N) is 2. The number of rotatable bonds is 3. The molecule has 0 aromatic carbocycles. The Morgan fingerprint density at radius 2 is 1.88 bits per heavy atom. The third-order valence-electron chi connectivity index (χ3n) is 4.12. The molecule has 3 rings (SSSR count). The van der Waals surface area contributed by atoms with Gasteiger partial charge in [0.25, 0.3) is 0 Å². The quantitative estimate of drug-likeness (QED) is 0.796. The largest absolute Gasteiger partial charge is 0.373 e. The van der Waals surface area contributed by atoms with Gasteiger partial charge in [0.05, 0.1) is 12.7 Å². The highest BCUT2D eigenvalue weighted by Gasteiger charge is 2.41. The van der Waals surface area contributed by atoms with Gasteiger partial charge in [-0.3, -0.25) is 4.98 Å². The van der Waals surface area contributed by atoms with Gasteiger partial charge in [0, 0.05) is 25.5 Å². The number of likely N-dealkylation sites (tertiary alicyclic amines) is 1. The Kier molecular flexibility index (Phi) is 3.12. The van der Waals surface area contributed by atoms with Gasteiger partial charge >= 0.3 is 0 Å². The molecule has 17 heavy (non-hydrogen) atoms. The van der Waals surface area contributed by atoms with Crippen molar-refractivity contribution < 1.29 is 4.74 Å². The molecule has 2 fully saturated rings. The number of piperidine rings is 1. The van der Waals surface area contributed by atoms with Crippen LogP contribution in [0.1, 0.15) is 18.4 Å². The molecule has 1 aliphatic heterocycles. The van der Waals surface area contributed by atoms with E-state index < -0.39 is 0 Å². The first-order chi connectivity index (χ1) is 8.33. The summed E-state index contributed by atoms with van der Waals surface area (Å²) in [6.45, 7) is 3.15. The van der Waals surface area contributed by atoms with Crippen molar-refractivity contribution in [1.82, 2.24) is 9.88 Å². The molecule has 92 valence electrons. The van der Waals surface area contributed by atoms with Gasteiger partial charge in [-0.15, -0.1) is 0 Å². The van der Waals surface area contributed by atoms with E-state index in [-0.39, 0.29) is 0 Å². The Hall–Kier alpha value is -0.930. The van der Waals surface area contributed by atoms with Crippen LogP contribution < -0.4 is 0 Å². The van der Waals surface area contributed by atoms with Crippen molar-refractivity contribution in [3.05, 3.63) is 30.1 Å². The average molecular weight is 232 g/mol. The lowest BCUT2D eigenvalue weighted by molar-refractivity contribution is -0.0460. The lowest BCUT2D eigenvalue weighted by Gasteiger charge is -2.35. The first-order valence-electron chi connectivity index (χ1n) is 6.52. The maximum Gasteiger partial charge on any atom is 0.0722 e. The predicted octanol–water partition coefficient (Wildman–Crippen LogP) is 1.94. The lowest BCUT2D eigenvalue weighted by atomic mass is 9.95. The van der Waals surface area contributed by atoms with Crippen LogP contribution in [0.15, 0.2) is 24.5 Å². The molecule has 2 heterocycles. The van der Waals surface area contributed by atoms with Gasteiger partial charge < -0.3 is 9.64 Å². The van der Waals surface area contributed by atoms with Gasteiger partial charge in [0.1, 0.15) is 0 Å². The average Bonchev–Trinajstić information content (AvgIpc) is 2.59. The highest BCUT2D eigenvalue weighted by molar-refractivity contribution is 5.08. The fourth-order valence-corrected chi connectivity index (χ4v) is 3.35. The summed E-state index contributed by atoms with van der Waals surface area (Å²) < 4.78 is 6.15. The van der Waals surface area contributed by atoms with E-state index in [2.05, 4.69) is 16.9 Å². The summed E-state index contributed by atoms with van der Waals surface area (Å²) >= 11 is 0. The molecular weight excluding hydrogens is 212 g/mol. The second-order valence-corrected chi connectivity index (χ2v) is 5.45. The molecular formula is C14H20N2O. The number of fused-ring (bicyclic) bond motifs is 2. The van der Waals surface area contributed by atoms with Crippen LogP contribution >= 0.6 is 0 Å². The first kappa shape index (κ1) is 11.2. The molecule has 1 aromatic rings. The number of ether oxygens (including phenoxy) is 1. The van der Waals surface area contributed by atoms with Crippen LogP contribution in [0.5, 0.6) is 0 Å². The van der Waals surface area contributed by atoms with E-state index >= 15 is 0 Å². The molecule has 2 bridgehead atoms. The SMILES string of the molecule is CN1C[C@H]2CC[C@@H](C1)C2OCc1ccncc1. The van der Waals surface area contributed by atoms with Crippen molar-refractivity contribution >= 4 is 0 Å². The zero-order valence-electron chi connectivity index (χ0n) is 10.4. The minimum atomic E-state index is 0.486. The van der Waals surface area contributed by atoms with E-state index in [0.29, 0.717) is 6.10 Å². The fourth-order valence-electron chi connectivity index (χ4n) is 3.35. The summed E-state index contributed by atoms with van der Waals surface area (Å²) in [7, 11) is 2.23. The first-order valence-corrected chi connectivity index (χ1v) is 6.52. The molecule has 3 nitrogen and oxygen atoms in total. The number of aromatic nitrogens is 1. The Morgan fingerprint density at radius 3 is 2.53 bits per heavy atom. The lowest BCUT2D eigenvalue weighted by Crippen LogP contribution is -2.43. The van der Waals surface area contributed by atoms with E-state index in [9.17, 15) is 0 Å². The monoisotopic (exact) mass is 232 g/mol. The smallest absolute Gasteiger partial charge is 0.0722 e. The minimum absolute atomic E-state index is 0.486. The van der Waals surface area contributed by atoms with Gasteiger partial charge in [-0.1, -0.05) is 0 Å². The van der Waals surface area contributed by atoms with Crippen molar-refractivity contribution in [2.45, 2.75) is 25.6 Å². The van der Waals surface area contributed by atoms with Crippen molar-refractivity contribution in [1.29, 1.82) is 0 Å². The van der Waals surface area contributed by atoms with Crippen LogP contribution in [0.4, 0.5) is 0 Å². The summed E-state index contributed by atoms with van der Waals surface area (Å²) in [6.07, 6.45) is 6.84. The summed E-state index contributed by atoms with van der Waals surface area (Å²) in [5, 5.41) is 0. The van der Waals surface area contributed by atoms with Crippen LogP contribution in [0.3, 0.4) is 0 Å². The normalized spacial score (nSPS) is 32.9. The Balaban J connectivity index is 1.60. The third kappa shape index (κ3) is 2.35. The molecule has 1 unspecified atom stereocenters. The number of hydrogen-bond acceptors (Lipinski definition) is 3. The van der Waals surface area contributed by atoms with Gasteiger partial charge in [0.2, 0.25) is 0 Å². The van der Waals surface area contributed by atoms with Gasteiger partial charge in [-0.2, -0.15) is 0 Å². The predicted molar refractivity (Wildman–Crippen MR) is 66.5 cm³/mol. The molecule has 0 radical (unpaired) electrons. The minimum Gasteiger partial charge on any atom is -0.373 e. The van der Waals surface area contributed by atoms with Gasteiger partial charge in [0.15, 0.2) is 0 Å². The van der Waals surface area contributed by atoms with Gasteiger partial charge in [-0.25, -0.2) is 0 Å². The summed E-state index contributed by atoms with van der Waals surface area (Å²) in [4.78, 5) is 6.48. The maximum atomic E-state index is 6.15. The van der Waals surface area contributed by atoms with Crippen LogP contribution in [-0.4, -0.2) is 36.1 Å². The number of pyridine rings is 1. The highest BCUT2D eigenvalue weighted by atomic mass is 16.5. The second kappa shape index (κ2) is 4.75. The highest BCUT2D eigenvalue weighted by Crippen LogP contribution is 2.38. The van der Waals surface area contributed by atoms with E-state index in [1.165, 1.54) is 31.5 Å². The molecule has 0 N–H and O–H groups in total. The summed E-state index contributed by atoms with van der Waals surface area (Å²) in [6, 6.07) is 4.08. The fraction of sp³-hybridized carbons (Fsp3) is 0.643. The molecule has 3 heteroatoms. The molecule has 3 atom stereocenters. The van der Waals surface area contributed by atoms with Crippen molar-refractivity contribution in [2.75, 3.05) is 20.1 Å². The molecule has 1 saturated carbocycles. The Morgan fingerprint density at radius 1 is 1.24 bits per heavy atom. The van der Waals surface area contributed by atoms with Crippen LogP contribution in [-0.2, 0) is 11.3 Å². The van der Waals surface area contributed by atoms with Crippen molar-refractivity contribution in [3.63, 3.8) is 0 Å². The maximum absolute atomic E-state index is 6.15. The Labute approximate surface area is 103 Å². The van der Waals surface area contributed by atoms with E-state index in [1.807, 2.05) is 24.5 Å². The van der Waals surface area contributed by atoms with Crippen LogP contribution in [0.2, 0.25) is 0 Å². The van der Waals surface area contributed by atoms with E-state index in [0.717, 1.165) is 18.4 Å². The third-order valence-corrected chi connectivity index (χ3v) is 4.12. The molecule has 1 aromatic heterocycles. The second-order valence-electron chi connectivity index (χ2n) is 5.45. The number of hydrogen-bond donors (Lipinski definition) is 0. The van der Waals surface area contributed by atoms with Gasteiger partial charge in [-0.05, 0) is 49.4 Å². The Bertz CT molecular complexity index is 354. The van der Waals surface area contributed by atoms with E-state index in [1.54, 1.807) is 0 Å². The van der Waals surface area contributed by atoms with Crippen molar-refractivity contribution in [3.8, 4) is 0 Å². The zero-order valence-corrected chi connectivity index (χ0v) is 10.4. The molecule has 2 aliphatic rings. The standard InChI is InChI=1S/C14H20N2O/c1-16-8-12-2-3-13(9-16)14(12)17-10-11-4-6-15-7-5-11/h4-7,12-14H,2-3,8-10H2,1H3/t12-,13+,14?. The molecule has 0 amide bonds. The summed E-state index contributed by atoms with van der Waals surface area (Å²) in [5.74, 6) is 1.50.